The van der Waals surface area contributed by atoms with Gasteiger partial charge in [0.25, 0.3) is 0 Å². The highest BCUT2D eigenvalue weighted by molar-refractivity contribution is 6.15. The second-order valence-corrected chi connectivity index (χ2v) is 7.30. The van der Waals surface area contributed by atoms with Gasteiger partial charge in [-0.15, -0.1) is 0 Å². The molecule has 0 aliphatic carbocycles. The van der Waals surface area contributed by atoms with E-state index < -0.39 is 5.41 Å². The Morgan fingerprint density at radius 3 is 2.40 bits per heavy atom. The zero-order chi connectivity index (χ0) is 18.2. The Kier molecular flexibility index (Phi) is 4.38. The maximum atomic E-state index is 13.2. The lowest BCUT2D eigenvalue weighted by atomic mass is 9.89. The molecule has 0 bridgehead atoms. The molecule has 2 aromatic rings. The predicted molar refractivity (Wildman–Crippen MR) is 101 cm³/mol. The summed E-state index contributed by atoms with van der Waals surface area (Å²) in [5, 5.41) is 2.87. The highest BCUT2D eigenvalue weighted by atomic mass is 16.2. The number of carbonyl (C=O) groups is 2. The highest BCUT2D eigenvalue weighted by Crippen LogP contribution is 2.35. The molecule has 0 aromatic heterocycles. The van der Waals surface area contributed by atoms with E-state index in [0.29, 0.717) is 5.69 Å². The number of anilines is 2. The number of hydrogen-bond donors (Lipinski definition) is 1. The standard InChI is InChI=1S/C21H24N2O2/c1-14-9-11-17(12-10-14)22-19(24)21(3,4)20(25)23-15(2)13-16-7-5-6-8-18(16)23/h5-12,15H,13H2,1-4H3,(H,22,24). The van der Waals surface area contributed by atoms with Crippen LogP contribution in [0.15, 0.2) is 48.5 Å². The molecule has 130 valence electrons. The Hall–Kier alpha value is -2.62. The number of carbonyl (C=O) groups excluding carboxylic acids is 2. The fourth-order valence-electron chi connectivity index (χ4n) is 3.20. The van der Waals surface area contributed by atoms with Crippen molar-refractivity contribution < 1.29 is 9.59 Å². The molecule has 1 N–H and O–H groups in total. The predicted octanol–water partition coefficient (Wildman–Crippen LogP) is 3.94. The molecule has 0 radical (unpaired) electrons. The number of aryl methyl sites for hydroxylation is 1. The minimum Gasteiger partial charge on any atom is -0.325 e. The molecule has 4 heteroatoms. The van der Waals surface area contributed by atoms with Crippen LogP contribution in [0.3, 0.4) is 0 Å². The number of para-hydroxylation sites is 1. The summed E-state index contributed by atoms with van der Waals surface area (Å²) in [5.74, 6) is -0.465. The molecule has 1 heterocycles. The third-order valence-corrected chi connectivity index (χ3v) is 4.84. The van der Waals surface area contributed by atoms with E-state index in [0.717, 1.165) is 23.2 Å². The topological polar surface area (TPSA) is 49.4 Å². The van der Waals surface area contributed by atoms with Gasteiger partial charge in [-0.3, -0.25) is 9.59 Å². The van der Waals surface area contributed by atoms with Gasteiger partial charge in [-0.05, 0) is 57.9 Å². The van der Waals surface area contributed by atoms with Crippen LogP contribution in [-0.4, -0.2) is 17.9 Å². The number of amides is 2. The fraction of sp³-hybridized carbons (Fsp3) is 0.333. The number of rotatable bonds is 3. The van der Waals surface area contributed by atoms with Crippen molar-refractivity contribution in [3.63, 3.8) is 0 Å². The molecular weight excluding hydrogens is 312 g/mol. The van der Waals surface area contributed by atoms with E-state index in [4.69, 9.17) is 0 Å². The molecular formula is C21H24N2O2. The van der Waals surface area contributed by atoms with Gasteiger partial charge >= 0.3 is 0 Å². The Morgan fingerprint density at radius 2 is 1.72 bits per heavy atom. The van der Waals surface area contributed by atoms with Crippen molar-refractivity contribution in [3.05, 3.63) is 59.7 Å². The molecule has 2 amide bonds. The Labute approximate surface area is 148 Å². The van der Waals surface area contributed by atoms with Crippen molar-refractivity contribution in [1.29, 1.82) is 0 Å². The molecule has 0 spiro atoms. The molecule has 2 aromatic carbocycles. The Morgan fingerprint density at radius 1 is 1.08 bits per heavy atom. The van der Waals surface area contributed by atoms with Gasteiger partial charge in [0.15, 0.2) is 0 Å². The summed E-state index contributed by atoms with van der Waals surface area (Å²) < 4.78 is 0. The molecule has 25 heavy (non-hydrogen) atoms. The first-order valence-corrected chi connectivity index (χ1v) is 8.60. The minimum absolute atomic E-state index is 0.0522. The molecule has 0 saturated carbocycles. The maximum Gasteiger partial charge on any atom is 0.242 e. The van der Waals surface area contributed by atoms with Crippen molar-refractivity contribution in [3.8, 4) is 0 Å². The third kappa shape index (κ3) is 3.16. The zero-order valence-electron chi connectivity index (χ0n) is 15.2. The second-order valence-electron chi connectivity index (χ2n) is 7.30. The number of fused-ring (bicyclic) bond motifs is 1. The van der Waals surface area contributed by atoms with Gasteiger partial charge in [0.05, 0.1) is 0 Å². The van der Waals surface area contributed by atoms with Crippen LogP contribution >= 0.6 is 0 Å². The summed E-state index contributed by atoms with van der Waals surface area (Å²) in [6.45, 7) is 7.39. The summed E-state index contributed by atoms with van der Waals surface area (Å²) >= 11 is 0. The average molecular weight is 336 g/mol. The fourth-order valence-corrected chi connectivity index (χ4v) is 3.20. The van der Waals surface area contributed by atoms with Gasteiger partial charge in [-0.2, -0.15) is 0 Å². The van der Waals surface area contributed by atoms with Crippen LogP contribution in [0, 0.1) is 12.3 Å². The second kappa shape index (κ2) is 6.36. The largest absolute Gasteiger partial charge is 0.325 e. The van der Waals surface area contributed by atoms with E-state index >= 15 is 0 Å². The molecule has 0 fully saturated rings. The molecule has 1 aliphatic heterocycles. The van der Waals surface area contributed by atoms with Gasteiger partial charge in [-0.25, -0.2) is 0 Å². The van der Waals surface area contributed by atoms with Crippen molar-refractivity contribution in [2.45, 2.75) is 40.2 Å². The van der Waals surface area contributed by atoms with E-state index in [1.54, 1.807) is 18.7 Å². The van der Waals surface area contributed by atoms with Crippen LogP contribution in [0.5, 0.6) is 0 Å². The SMILES string of the molecule is Cc1ccc(NC(=O)C(C)(C)C(=O)N2c3ccccc3CC2C)cc1. The minimum atomic E-state index is -1.16. The number of nitrogens with zero attached hydrogens (tertiary/aromatic N) is 1. The van der Waals surface area contributed by atoms with E-state index in [-0.39, 0.29) is 17.9 Å². The summed E-state index contributed by atoms with van der Waals surface area (Å²) in [4.78, 5) is 27.7. The van der Waals surface area contributed by atoms with Crippen molar-refractivity contribution in [2.75, 3.05) is 10.2 Å². The van der Waals surface area contributed by atoms with Crippen molar-refractivity contribution in [2.24, 2.45) is 5.41 Å². The number of nitrogens with one attached hydrogen (secondary N) is 1. The van der Waals surface area contributed by atoms with Crippen LogP contribution in [0.2, 0.25) is 0 Å². The van der Waals surface area contributed by atoms with Crippen LogP contribution in [0.1, 0.15) is 31.9 Å². The average Bonchev–Trinajstić information content (AvgIpc) is 2.91. The lowest BCUT2D eigenvalue weighted by Gasteiger charge is -2.31. The Bertz CT molecular complexity index is 809. The molecule has 1 unspecified atom stereocenters. The van der Waals surface area contributed by atoms with E-state index in [2.05, 4.69) is 5.32 Å². The van der Waals surface area contributed by atoms with Crippen LogP contribution in [0.4, 0.5) is 11.4 Å². The van der Waals surface area contributed by atoms with Gasteiger partial charge in [0.1, 0.15) is 5.41 Å². The van der Waals surface area contributed by atoms with E-state index in [9.17, 15) is 9.59 Å². The van der Waals surface area contributed by atoms with Crippen LogP contribution < -0.4 is 10.2 Å². The molecule has 1 atom stereocenters. The zero-order valence-corrected chi connectivity index (χ0v) is 15.2. The first-order chi connectivity index (χ1) is 11.8. The van der Waals surface area contributed by atoms with Crippen LogP contribution in [0.25, 0.3) is 0 Å². The first kappa shape index (κ1) is 17.2. The Balaban J connectivity index is 1.82. The van der Waals surface area contributed by atoms with Gasteiger partial charge < -0.3 is 10.2 Å². The number of benzene rings is 2. The quantitative estimate of drug-likeness (QED) is 0.863. The summed E-state index contributed by atoms with van der Waals surface area (Å²) in [7, 11) is 0. The smallest absolute Gasteiger partial charge is 0.242 e. The lowest BCUT2D eigenvalue weighted by molar-refractivity contribution is -0.136. The number of hydrogen-bond acceptors (Lipinski definition) is 2. The maximum absolute atomic E-state index is 13.2. The first-order valence-electron chi connectivity index (χ1n) is 8.60. The van der Waals surface area contributed by atoms with Crippen LogP contribution in [-0.2, 0) is 16.0 Å². The lowest BCUT2D eigenvalue weighted by Crippen LogP contribution is -2.49. The summed E-state index contributed by atoms with van der Waals surface area (Å²) in [5.41, 5.74) is 2.73. The molecule has 4 nitrogen and oxygen atoms in total. The van der Waals surface area contributed by atoms with E-state index in [1.165, 1.54) is 0 Å². The van der Waals surface area contributed by atoms with Gasteiger partial charge in [0.2, 0.25) is 11.8 Å². The van der Waals surface area contributed by atoms with Gasteiger partial charge in [-0.1, -0.05) is 35.9 Å². The van der Waals surface area contributed by atoms with Crippen molar-refractivity contribution in [1.82, 2.24) is 0 Å². The normalized spacial score (nSPS) is 16.5. The molecule has 0 saturated heterocycles. The summed E-state index contributed by atoms with van der Waals surface area (Å²) in [6, 6.07) is 15.5. The van der Waals surface area contributed by atoms with E-state index in [1.807, 2.05) is 62.4 Å². The molecule has 3 rings (SSSR count). The van der Waals surface area contributed by atoms with Gasteiger partial charge in [0, 0.05) is 17.4 Å². The monoisotopic (exact) mass is 336 g/mol. The van der Waals surface area contributed by atoms with Crippen molar-refractivity contribution >= 4 is 23.2 Å². The summed E-state index contributed by atoms with van der Waals surface area (Å²) in [6.07, 6.45) is 0.817. The third-order valence-electron chi connectivity index (χ3n) is 4.84. The highest BCUT2D eigenvalue weighted by Gasteiger charge is 2.43. The molecule has 1 aliphatic rings.